The fraction of sp³-hybridized carbons (Fsp3) is 0.474. The molecule has 0 aliphatic carbocycles. The number of ether oxygens (including phenoxy) is 2. The van der Waals surface area contributed by atoms with E-state index < -0.39 is 0 Å². The van der Waals surface area contributed by atoms with E-state index in [-0.39, 0.29) is 18.6 Å². The number of amides is 1. The second-order valence-corrected chi connectivity index (χ2v) is 6.71. The van der Waals surface area contributed by atoms with Gasteiger partial charge in [-0.25, -0.2) is 4.98 Å². The van der Waals surface area contributed by atoms with Crippen molar-refractivity contribution in [1.82, 2.24) is 19.4 Å². The van der Waals surface area contributed by atoms with Crippen LogP contribution in [0.5, 0.6) is 5.88 Å². The Labute approximate surface area is 154 Å². The molecule has 7 heteroatoms. The van der Waals surface area contributed by atoms with Gasteiger partial charge in [-0.05, 0) is 18.2 Å². The molecule has 0 radical (unpaired) electrons. The van der Waals surface area contributed by atoms with Gasteiger partial charge in [0, 0.05) is 57.4 Å². The summed E-state index contributed by atoms with van der Waals surface area (Å²) in [5, 5.41) is 0. The molecule has 0 aromatic carbocycles. The van der Waals surface area contributed by atoms with Crippen LogP contribution in [0.25, 0.3) is 0 Å². The standard InChI is InChI=1S/C19H26N4O3/c1-21(2)18(24)14-26-13-17-12-22(11-16-7-5-9-23(16)17)10-15-6-4-8-20-19(15)25-3/h4-9,17H,10-14H2,1-3H3/t17-/m1/s1. The summed E-state index contributed by atoms with van der Waals surface area (Å²) in [6.45, 7) is 3.07. The largest absolute Gasteiger partial charge is 0.481 e. The highest BCUT2D eigenvalue weighted by Crippen LogP contribution is 2.25. The van der Waals surface area contributed by atoms with Crippen LogP contribution in [0.3, 0.4) is 0 Å². The lowest BCUT2D eigenvalue weighted by Crippen LogP contribution is -2.39. The maximum atomic E-state index is 11.7. The van der Waals surface area contributed by atoms with Crippen LogP contribution < -0.4 is 4.74 Å². The zero-order valence-electron chi connectivity index (χ0n) is 15.6. The summed E-state index contributed by atoms with van der Waals surface area (Å²) in [7, 11) is 5.12. The van der Waals surface area contributed by atoms with Crippen LogP contribution >= 0.6 is 0 Å². The first-order chi connectivity index (χ1) is 12.6. The molecule has 0 N–H and O–H groups in total. The summed E-state index contributed by atoms with van der Waals surface area (Å²) in [6.07, 6.45) is 3.82. The molecule has 3 heterocycles. The minimum absolute atomic E-state index is 0.0227. The topological polar surface area (TPSA) is 59.8 Å². The van der Waals surface area contributed by atoms with Crippen LogP contribution in [0, 0.1) is 0 Å². The van der Waals surface area contributed by atoms with E-state index in [0.717, 1.165) is 25.2 Å². The highest BCUT2D eigenvalue weighted by Gasteiger charge is 2.25. The number of hydrogen-bond donors (Lipinski definition) is 0. The van der Waals surface area contributed by atoms with E-state index >= 15 is 0 Å². The van der Waals surface area contributed by atoms with E-state index in [1.165, 1.54) is 5.69 Å². The van der Waals surface area contributed by atoms with E-state index in [1.807, 2.05) is 12.1 Å². The average molecular weight is 358 g/mol. The molecule has 1 aliphatic rings. The Morgan fingerprint density at radius 3 is 2.96 bits per heavy atom. The van der Waals surface area contributed by atoms with E-state index in [1.54, 1.807) is 32.3 Å². The third-order valence-corrected chi connectivity index (χ3v) is 4.59. The zero-order valence-corrected chi connectivity index (χ0v) is 15.6. The van der Waals surface area contributed by atoms with Crippen molar-refractivity contribution < 1.29 is 14.3 Å². The SMILES string of the molecule is COc1ncccc1CN1Cc2cccn2[C@@H](COCC(=O)N(C)C)C1. The fourth-order valence-electron chi connectivity index (χ4n) is 3.23. The van der Waals surface area contributed by atoms with Crippen molar-refractivity contribution >= 4 is 5.91 Å². The molecule has 7 nitrogen and oxygen atoms in total. The summed E-state index contributed by atoms with van der Waals surface area (Å²) in [6, 6.07) is 8.33. The van der Waals surface area contributed by atoms with E-state index in [9.17, 15) is 4.79 Å². The molecule has 1 aliphatic heterocycles. The van der Waals surface area contributed by atoms with Crippen LogP contribution in [0.15, 0.2) is 36.7 Å². The molecular formula is C19H26N4O3. The molecule has 0 spiro atoms. The smallest absolute Gasteiger partial charge is 0.248 e. The summed E-state index contributed by atoms with van der Waals surface area (Å²) >= 11 is 0. The van der Waals surface area contributed by atoms with Gasteiger partial charge in [-0.3, -0.25) is 9.69 Å². The van der Waals surface area contributed by atoms with Crippen molar-refractivity contribution in [2.45, 2.75) is 19.1 Å². The number of hydrogen-bond acceptors (Lipinski definition) is 5. The molecule has 0 bridgehead atoms. The van der Waals surface area contributed by atoms with Crippen LogP contribution in [-0.4, -0.2) is 66.2 Å². The Bertz CT molecular complexity index is 744. The Morgan fingerprint density at radius 1 is 1.35 bits per heavy atom. The number of pyridine rings is 1. The number of carbonyl (C=O) groups excluding carboxylic acids is 1. The lowest BCUT2D eigenvalue weighted by atomic mass is 10.1. The molecule has 140 valence electrons. The first kappa shape index (κ1) is 18.4. The first-order valence-electron chi connectivity index (χ1n) is 8.72. The number of aromatic nitrogens is 2. The number of likely N-dealkylation sites (N-methyl/N-ethyl adjacent to an activating group) is 1. The lowest BCUT2D eigenvalue weighted by Gasteiger charge is -2.35. The minimum Gasteiger partial charge on any atom is -0.481 e. The average Bonchev–Trinajstić information content (AvgIpc) is 3.10. The quantitative estimate of drug-likeness (QED) is 0.752. The summed E-state index contributed by atoms with van der Waals surface area (Å²) in [5.74, 6) is 0.642. The maximum Gasteiger partial charge on any atom is 0.248 e. The predicted octanol–water partition coefficient (Wildman–Crippen LogP) is 1.55. The minimum atomic E-state index is -0.0227. The molecular weight excluding hydrogens is 332 g/mol. The van der Waals surface area contributed by atoms with Gasteiger partial charge >= 0.3 is 0 Å². The molecule has 2 aromatic rings. The van der Waals surface area contributed by atoms with Crippen molar-refractivity contribution in [3.63, 3.8) is 0 Å². The van der Waals surface area contributed by atoms with Gasteiger partial charge in [0.05, 0.1) is 19.8 Å². The second-order valence-electron chi connectivity index (χ2n) is 6.71. The molecule has 2 aromatic heterocycles. The number of nitrogens with zero attached hydrogens (tertiary/aromatic N) is 4. The van der Waals surface area contributed by atoms with Crippen molar-refractivity contribution in [2.75, 3.05) is 41.0 Å². The molecule has 26 heavy (non-hydrogen) atoms. The second kappa shape index (κ2) is 8.33. The Morgan fingerprint density at radius 2 is 2.19 bits per heavy atom. The molecule has 3 rings (SSSR count). The Balaban J connectivity index is 1.66. The normalized spacial score (nSPS) is 17.0. The van der Waals surface area contributed by atoms with Crippen LogP contribution in [0.1, 0.15) is 17.3 Å². The Kier molecular flexibility index (Phi) is 5.90. The van der Waals surface area contributed by atoms with Crippen LogP contribution in [0.2, 0.25) is 0 Å². The van der Waals surface area contributed by atoms with Gasteiger partial charge in [0.25, 0.3) is 0 Å². The summed E-state index contributed by atoms with van der Waals surface area (Å²) < 4.78 is 13.3. The third kappa shape index (κ3) is 4.23. The van der Waals surface area contributed by atoms with Gasteiger partial charge in [-0.2, -0.15) is 0 Å². The number of rotatable bonds is 7. The summed E-state index contributed by atoms with van der Waals surface area (Å²) in [5.41, 5.74) is 2.31. The van der Waals surface area contributed by atoms with Gasteiger partial charge in [-0.15, -0.1) is 0 Å². The maximum absolute atomic E-state index is 11.7. The monoisotopic (exact) mass is 358 g/mol. The Hall–Kier alpha value is -2.38. The third-order valence-electron chi connectivity index (χ3n) is 4.59. The van der Waals surface area contributed by atoms with Crippen molar-refractivity contribution in [3.05, 3.63) is 47.9 Å². The molecule has 0 saturated carbocycles. The number of methoxy groups -OCH3 is 1. The van der Waals surface area contributed by atoms with Crippen molar-refractivity contribution in [1.29, 1.82) is 0 Å². The van der Waals surface area contributed by atoms with Crippen molar-refractivity contribution in [3.8, 4) is 5.88 Å². The van der Waals surface area contributed by atoms with Crippen LogP contribution in [-0.2, 0) is 22.6 Å². The molecule has 0 fully saturated rings. The fourth-order valence-corrected chi connectivity index (χ4v) is 3.23. The highest BCUT2D eigenvalue weighted by molar-refractivity contribution is 5.76. The van der Waals surface area contributed by atoms with Gasteiger partial charge in [0.1, 0.15) is 6.61 Å². The number of fused-ring (bicyclic) bond motifs is 1. The molecule has 1 amide bonds. The van der Waals surface area contributed by atoms with Crippen LogP contribution in [0.4, 0.5) is 0 Å². The zero-order chi connectivity index (χ0) is 18.5. The predicted molar refractivity (Wildman–Crippen MR) is 97.9 cm³/mol. The lowest BCUT2D eigenvalue weighted by molar-refractivity contribution is -0.134. The van der Waals surface area contributed by atoms with Gasteiger partial charge < -0.3 is 18.9 Å². The van der Waals surface area contributed by atoms with Gasteiger partial charge in [0.2, 0.25) is 11.8 Å². The molecule has 0 saturated heterocycles. The first-order valence-corrected chi connectivity index (χ1v) is 8.72. The number of carbonyl (C=O) groups is 1. The van der Waals surface area contributed by atoms with E-state index in [4.69, 9.17) is 9.47 Å². The van der Waals surface area contributed by atoms with Gasteiger partial charge in [-0.1, -0.05) is 6.07 Å². The highest BCUT2D eigenvalue weighted by atomic mass is 16.5. The van der Waals surface area contributed by atoms with Crippen molar-refractivity contribution in [2.24, 2.45) is 0 Å². The molecule has 0 unspecified atom stereocenters. The van der Waals surface area contributed by atoms with E-state index in [2.05, 4.69) is 32.8 Å². The molecule has 1 atom stereocenters. The van der Waals surface area contributed by atoms with E-state index in [0.29, 0.717) is 12.5 Å². The van der Waals surface area contributed by atoms with Gasteiger partial charge in [0.15, 0.2) is 0 Å². The summed E-state index contributed by atoms with van der Waals surface area (Å²) in [4.78, 5) is 19.9.